The maximum absolute atomic E-state index is 12.0. The number of hydrogen-bond donors (Lipinski definition) is 3. The fraction of sp³-hybridized carbons (Fsp3) is 0.105. The largest absolute Gasteiger partial charge is 0.378 e. The van der Waals surface area contributed by atoms with Crippen LogP contribution in [0.25, 0.3) is 23.1 Å². The number of aromatic amines is 1. The smallest absolute Gasteiger partial charge is 0.253 e. The summed E-state index contributed by atoms with van der Waals surface area (Å²) in [5, 5.41) is 14.4. The highest BCUT2D eigenvalue weighted by Gasteiger charge is 2.23. The third kappa shape index (κ3) is 3.79. The second-order valence-electron chi connectivity index (χ2n) is 5.54. The summed E-state index contributed by atoms with van der Waals surface area (Å²) in [5.41, 5.74) is 3.03. The Labute approximate surface area is 158 Å². The van der Waals surface area contributed by atoms with Crippen molar-refractivity contribution in [3.8, 4) is 0 Å². The van der Waals surface area contributed by atoms with Gasteiger partial charge in [-0.1, -0.05) is 51.8 Å². The van der Waals surface area contributed by atoms with Crippen LogP contribution in [0.1, 0.15) is 22.9 Å². The van der Waals surface area contributed by atoms with Crippen LogP contribution in [0.5, 0.6) is 0 Å². The molecule has 0 aliphatic rings. The van der Waals surface area contributed by atoms with Gasteiger partial charge in [0.2, 0.25) is 0 Å². The molecule has 0 aliphatic heterocycles. The first-order valence-electron chi connectivity index (χ1n) is 7.64. The van der Waals surface area contributed by atoms with Crippen LogP contribution >= 0.6 is 27.5 Å². The van der Waals surface area contributed by atoms with Crippen molar-refractivity contribution in [1.29, 1.82) is 0 Å². The van der Waals surface area contributed by atoms with Crippen LogP contribution in [0.15, 0.2) is 46.9 Å². The van der Waals surface area contributed by atoms with Gasteiger partial charge in [0.05, 0.1) is 0 Å². The summed E-state index contributed by atoms with van der Waals surface area (Å²) >= 11 is 9.34. The van der Waals surface area contributed by atoms with E-state index in [1.165, 1.54) is 7.05 Å². The van der Waals surface area contributed by atoms with Crippen molar-refractivity contribution in [2.24, 2.45) is 0 Å². The van der Waals surface area contributed by atoms with Crippen molar-refractivity contribution in [3.05, 3.63) is 68.8 Å². The highest BCUT2D eigenvalue weighted by atomic mass is 79.9. The van der Waals surface area contributed by atoms with Crippen molar-refractivity contribution in [1.82, 2.24) is 10.3 Å². The molecule has 0 spiro atoms. The molecule has 3 N–H and O–H groups in total. The molecule has 4 nitrogen and oxygen atoms in total. The Morgan fingerprint density at radius 3 is 2.64 bits per heavy atom. The Bertz CT molecular complexity index is 948. The van der Waals surface area contributed by atoms with Gasteiger partial charge < -0.3 is 15.4 Å². The molecule has 0 aliphatic carbocycles. The molecule has 2 aromatic carbocycles. The van der Waals surface area contributed by atoms with E-state index in [0.29, 0.717) is 16.3 Å². The minimum Gasteiger partial charge on any atom is -0.378 e. The Morgan fingerprint density at radius 1 is 1.24 bits per heavy atom. The van der Waals surface area contributed by atoms with E-state index in [0.717, 1.165) is 20.9 Å². The Balaban J connectivity index is 2.09. The lowest BCUT2D eigenvalue weighted by atomic mass is 10.0. The lowest BCUT2D eigenvalue weighted by molar-refractivity contribution is -0.129. The fourth-order valence-corrected chi connectivity index (χ4v) is 3.15. The van der Waals surface area contributed by atoms with Crippen molar-refractivity contribution in [2.45, 2.75) is 6.10 Å². The van der Waals surface area contributed by atoms with Crippen LogP contribution in [0.3, 0.4) is 0 Å². The molecule has 6 heteroatoms. The van der Waals surface area contributed by atoms with Crippen molar-refractivity contribution >= 4 is 56.5 Å². The summed E-state index contributed by atoms with van der Waals surface area (Å²) in [7, 11) is 1.50. The van der Waals surface area contributed by atoms with E-state index in [9.17, 15) is 9.90 Å². The molecule has 128 valence electrons. The minimum atomic E-state index is -1.26. The van der Waals surface area contributed by atoms with Gasteiger partial charge in [-0.25, -0.2) is 0 Å². The number of carbonyl (C=O) groups is 1. The number of nitrogens with one attached hydrogen (secondary N) is 2. The van der Waals surface area contributed by atoms with Gasteiger partial charge in [0.1, 0.15) is 0 Å². The quantitative estimate of drug-likeness (QED) is 0.581. The van der Waals surface area contributed by atoms with E-state index in [2.05, 4.69) is 26.2 Å². The molecule has 1 heterocycles. The van der Waals surface area contributed by atoms with Crippen LogP contribution in [0.4, 0.5) is 0 Å². The molecule has 1 unspecified atom stereocenters. The molecule has 0 fully saturated rings. The SMILES string of the molecule is CNC(=O)C(O)c1c(/C=C/c2ccc(Cl)cc2)[nH]c2cc(Br)ccc12. The van der Waals surface area contributed by atoms with Gasteiger partial charge in [-0.15, -0.1) is 0 Å². The van der Waals surface area contributed by atoms with E-state index in [1.807, 2.05) is 54.6 Å². The zero-order valence-corrected chi connectivity index (χ0v) is 15.7. The van der Waals surface area contributed by atoms with Crippen molar-refractivity contribution in [3.63, 3.8) is 0 Å². The highest BCUT2D eigenvalue weighted by molar-refractivity contribution is 9.10. The minimum absolute atomic E-state index is 0.454. The third-order valence-corrected chi connectivity index (χ3v) is 4.66. The first kappa shape index (κ1) is 17.7. The number of H-pyrrole nitrogens is 1. The summed E-state index contributed by atoms with van der Waals surface area (Å²) in [6, 6.07) is 13.1. The van der Waals surface area contributed by atoms with Gasteiger partial charge in [0, 0.05) is 38.7 Å². The molecule has 3 rings (SSSR count). The van der Waals surface area contributed by atoms with Crippen LogP contribution in [0.2, 0.25) is 5.02 Å². The number of likely N-dealkylation sites (N-methyl/N-ethyl adjacent to an activating group) is 1. The summed E-state index contributed by atoms with van der Waals surface area (Å²) in [6.07, 6.45) is 2.49. The number of rotatable bonds is 4. The van der Waals surface area contributed by atoms with Gasteiger partial charge in [0.25, 0.3) is 5.91 Å². The number of aliphatic hydroxyl groups excluding tert-OH is 1. The molecular formula is C19H16BrClN2O2. The normalized spacial score (nSPS) is 12.6. The van der Waals surface area contributed by atoms with Crippen molar-refractivity contribution in [2.75, 3.05) is 7.05 Å². The summed E-state index contributed by atoms with van der Waals surface area (Å²) in [4.78, 5) is 15.2. The molecule has 0 saturated heterocycles. The topological polar surface area (TPSA) is 65.1 Å². The predicted octanol–water partition coefficient (Wildman–Crippen LogP) is 4.53. The fourth-order valence-electron chi connectivity index (χ4n) is 2.66. The maximum Gasteiger partial charge on any atom is 0.253 e. The van der Waals surface area contributed by atoms with Gasteiger partial charge >= 0.3 is 0 Å². The van der Waals surface area contributed by atoms with E-state index < -0.39 is 12.0 Å². The van der Waals surface area contributed by atoms with Gasteiger partial charge in [-0.05, 0) is 35.9 Å². The van der Waals surface area contributed by atoms with Crippen LogP contribution < -0.4 is 5.32 Å². The molecule has 0 bridgehead atoms. The van der Waals surface area contributed by atoms with E-state index in [1.54, 1.807) is 0 Å². The summed E-state index contributed by atoms with van der Waals surface area (Å²) in [5.74, 6) is -0.454. The number of halogens is 2. The molecular weight excluding hydrogens is 404 g/mol. The number of hydrogen-bond acceptors (Lipinski definition) is 2. The molecule has 25 heavy (non-hydrogen) atoms. The number of amides is 1. The molecule has 1 amide bonds. The number of fused-ring (bicyclic) bond motifs is 1. The number of carbonyl (C=O) groups excluding carboxylic acids is 1. The van der Waals surface area contributed by atoms with Gasteiger partial charge in [-0.2, -0.15) is 0 Å². The molecule has 1 aromatic heterocycles. The third-order valence-electron chi connectivity index (χ3n) is 3.91. The molecule has 0 radical (unpaired) electrons. The average molecular weight is 420 g/mol. The van der Waals surface area contributed by atoms with Gasteiger partial charge in [0.15, 0.2) is 6.10 Å². The number of aliphatic hydroxyl groups is 1. The zero-order valence-electron chi connectivity index (χ0n) is 13.4. The second kappa shape index (κ2) is 7.44. The summed E-state index contributed by atoms with van der Waals surface area (Å²) in [6.45, 7) is 0. The predicted molar refractivity (Wildman–Crippen MR) is 105 cm³/mol. The van der Waals surface area contributed by atoms with E-state index in [4.69, 9.17) is 11.6 Å². The number of aromatic nitrogens is 1. The van der Waals surface area contributed by atoms with Crippen LogP contribution in [-0.4, -0.2) is 23.0 Å². The Hall–Kier alpha value is -2.08. The standard InChI is InChI=1S/C19H16BrClN2O2/c1-22-19(25)18(24)17-14-8-5-12(20)10-16(14)23-15(17)9-4-11-2-6-13(21)7-3-11/h2-10,18,23-24H,1H3,(H,22,25)/b9-4+. The molecule has 0 saturated carbocycles. The zero-order chi connectivity index (χ0) is 18.0. The molecule has 1 atom stereocenters. The first-order chi connectivity index (χ1) is 12.0. The second-order valence-corrected chi connectivity index (χ2v) is 6.90. The monoisotopic (exact) mass is 418 g/mol. The lowest BCUT2D eigenvalue weighted by Gasteiger charge is -2.10. The molecule has 3 aromatic rings. The Morgan fingerprint density at radius 2 is 1.96 bits per heavy atom. The summed E-state index contributed by atoms with van der Waals surface area (Å²) < 4.78 is 0.912. The average Bonchev–Trinajstić information content (AvgIpc) is 2.97. The van der Waals surface area contributed by atoms with Crippen LogP contribution in [-0.2, 0) is 4.79 Å². The van der Waals surface area contributed by atoms with Crippen molar-refractivity contribution < 1.29 is 9.90 Å². The maximum atomic E-state index is 12.0. The first-order valence-corrected chi connectivity index (χ1v) is 8.81. The van der Waals surface area contributed by atoms with Gasteiger partial charge in [-0.3, -0.25) is 4.79 Å². The van der Waals surface area contributed by atoms with E-state index in [-0.39, 0.29) is 0 Å². The lowest BCUT2D eigenvalue weighted by Crippen LogP contribution is -2.25. The van der Waals surface area contributed by atoms with E-state index >= 15 is 0 Å². The number of benzene rings is 2. The Kier molecular flexibility index (Phi) is 5.27. The van der Waals surface area contributed by atoms with Crippen LogP contribution in [0, 0.1) is 0 Å². The highest BCUT2D eigenvalue weighted by Crippen LogP contribution is 2.31.